The van der Waals surface area contributed by atoms with Crippen LogP contribution in [0.4, 0.5) is 6.01 Å². The highest BCUT2D eigenvalue weighted by molar-refractivity contribution is 6.33. The van der Waals surface area contributed by atoms with Gasteiger partial charge in [-0.1, -0.05) is 35.3 Å². The van der Waals surface area contributed by atoms with E-state index in [-0.39, 0.29) is 11.9 Å². The number of nitrogens with zero attached hydrogens (tertiary/aromatic N) is 3. The van der Waals surface area contributed by atoms with Crippen LogP contribution in [0.3, 0.4) is 0 Å². The molecule has 1 aliphatic rings. The number of halogens is 1. The zero-order valence-corrected chi connectivity index (χ0v) is 13.6. The van der Waals surface area contributed by atoms with Gasteiger partial charge in [0.25, 0.3) is 5.89 Å². The summed E-state index contributed by atoms with van der Waals surface area (Å²) in [6, 6.07) is 7.30. The van der Waals surface area contributed by atoms with Crippen LogP contribution in [0.5, 0.6) is 0 Å². The summed E-state index contributed by atoms with van der Waals surface area (Å²) in [6.07, 6.45) is 4.14. The lowest BCUT2D eigenvalue weighted by Crippen LogP contribution is -2.32. The second-order valence-corrected chi connectivity index (χ2v) is 6.00. The first-order chi connectivity index (χ1) is 11.2. The number of piperidine rings is 1. The van der Waals surface area contributed by atoms with Crippen LogP contribution in [0, 0.1) is 0 Å². The first-order valence-electron chi connectivity index (χ1n) is 7.83. The Morgan fingerprint density at radius 2 is 2.00 bits per heavy atom. The smallest absolute Gasteiger partial charge is 0.322 e. The molecule has 1 amide bonds. The highest BCUT2D eigenvalue weighted by atomic mass is 35.5. The molecule has 2 heterocycles. The molecule has 1 saturated heterocycles. The van der Waals surface area contributed by atoms with Crippen molar-refractivity contribution in [3.63, 3.8) is 0 Å². The van der Waals surface area contributed by atoms with E-state index in [4.69, 9.17) is 16.0 Å². The average Bonchev–Trinajstić information content (AvgIpc) is 3.02. The molecule has 0 saturated carbocycles. The standard InChI is InChI=1S/C16H19ClN4O2/c17-13-7-3-2-6-12(13)15-19-20-16(23-15)18-14(22)8-11-21-9-4-1-5-10-21/h2-3,6-7H,1,4-5,8-11H2,(H,18,20,22). The van der Waals surface area contributed by atoms with Crippen molar-refractivity contribution in [2.45, 2.75) is 25.7 Å². The number of benzene rings is 1. The molecule has 1 aromatic carbocycles. The summed E-state index contributed by atoms with van der Waals surface area (Å²) in [4.78, 5) is 14.3. The summed E-state index contributed by atoms with van der Waals surface area (Å²) in [6.45, 7) is 2.91. The Labute approximate surface area is 139 Å². The molecule has 3 rings (SSSR count). The predicted octanol–water partition coefficient (Wildman–Crippen LogP) is 3.20. The monoisotopic (exact) mass is 334 g/mol. The molecule has 122 valence electrons. The molecule has 0 spiro atoms. The Bertz CT molecular complexity index is 668. The summed E-state index contributed by atoms with van der Waals surface area (Å²) in [5.41, 5.74) is 0.649. The summed E-state index contributed by atoms with van der Waals surface area (Å²) in [7, 11) is 0. The Kier molecular flexibility index (Phi) is 5.25. The van der Waals surface area contributed by atoms with Crippen LogP contribution in [0.1, 0.15) is 25.7 Å². The molecule has 0 bridgehead atoms. The molecule has 1 aliphatic heterocycles. The molecule has 0 unspecified atom stereocenters. The van der Waals surface area contributed by atoms with Crippen molar-refractivity contribution < 1.29 is 9.21 Å². The quantitative estimate of drug-likeness (QED) is 0.909. The van der Waals surface area contributed by atoms with Crippen molar-refractivity contribution in [2.24, 2.45) is 0 Å². The minimum atomic E-state index is -0.120. The molecule has 0 aliphatic carbocycles. The number of carbonyl (C=O) groups excluding carboxylic acids is 1. The van der Waals surface area contributed by atoms with Gasteiger partial charge in [-0.2, -0.15) is 0 Å². The summed E-state index contributed by atoms with van der Waals surface area (Å²) >= 11 is 6.09. The number of aromatic nitrogens is 2. The number of anilines is 1. The molecule has 6 nitrogen and oxygen atoms in total. The van der Waals surface area contributed by atoms with Crippen LogP contribution in [0.25, 0.3) is 11.5 Å². The Morgan fingerprint density at radius 1 is 1.22 bits per heavy atom. The fourth-order valence-corrected chi connectivity index (χ4v) is 2.86. The third-order valence-electron chi connectivity index (χ3n) is 3.88. The van der Waals surface area contributed by atoms with Gasteiger partial charge in [-0.25, -0.2) is 0 Å². The van der Waals surface area contributed by atoms with E-state index in [2.05, 4.69) is 20.4 Å². The summed E-state index contributed by atoms with van der Waals surface area (Å²) in [5, 5.41) is 10.9. The summed E-state index contributed by atoms with van der Waals surface area (Å²) < 4.78 is 5.46. The maximum absolute atomic E-state index is 12.0. The normalized spacial score (nSPS) is 15.5. The number of rotatable bonds is 5. The van der Waals surface area contributed by atoms with Crippen LogP contribution in [-0.4, -0.2) is 40.6 Å². The minimum absolute atomic E-state index is 0.101. The predicted molar refractivity (Wildman–Crippen MR) is 88.3 cm³/mol. The number of likely N-dealkylation sites (tertiary alicyclic amines) is 1. The zero-order valence-electron chi connectivity index (χ0n) is 12.8. The van der Waals surface area contributed by atoms with Crippen LogP contribution in [0.15, 0.2) is 28.7 Å². The van der Waals surface area contributed by atoms with E-state index in [1.165, 1.54) is 19.3 Å². The van der Waals surface area contributed by atoms with Crippen molar-refractivity contribution in [3.05, 3.63) is 29.3 Å². The molecular formula is C16H19ClN4O2. The van der Waals surface area contributed by atoms with Crippen molar-refractivity contribution >= 4 is 23.5 Å². The molecule has 1 fully saturated rings. The van der Waals surface area contributed by atoms with Gasteiger partial charge >= 0.3 is 6.01 Å². The molecule has 2 aromatic rings. The van der Waals surface area contributed by atoms with E-state index in [0.29, 0.717) is 22.9 Å². The molecule has 23 heavy (non-hydrogen) atoms. The fraction of sp³-hybridized carbons (Fsp3) is 0.438. The highest BCUT2D eigenvalue weighted by Crippen LogP contribution is 2.27. The van der Waals surface area contributed by atoms with Gasteiger partial charge in [0, 0.05) is 13.0 Å². The second-order valence-electron chi connectivity index (χ2n) is 5.59. The number of hydrogen-bond donors (Lipinski definition) is 1. The lowest BCUT2D eigenvalue weighted by molar-refractivity contribution is -0.116. The number of hydrogen-bond acceptors (Lipinski definition) is 5. The Balaban J connectivity index is 1.54. The van der Waals surface area contributed by atoms with Gasteiger partial charge in [0.1, 0.15) is 0 Å². The van der Waals surface area contributed by atoms with E-state index < -0.39 is 0 Å². The summed E-state index contributed by atoms with van der Waals surface area (Å²) in [5.74, 6) is 0.173. The van der Waals surface area contributed by atoms with Gasteiger partial charge < -0.3 is 9.32 Å². The van der Waals surface area contributed by atoms with Crippen LogP contribution in [-0.2, 0) is 4.79 Å². The van der Waals surface area contributed by atoms with Crippen molar-refractivity contribution in [1.82, 2.24) is 15.1 Å². The van der Waals surface area contributed by atoms with Gasteiger partial charge in [0.2, 0.25) is 5.91 Å². The van der Waals surface area contributed by atoms with Crippen LogP contribution in [0.2, 0.25) is 5.02 Å². The molecular weight excluding hydrogens is 316 g/mol. The van der Waals surface area contributed by atoms with Gasteiger partial charge in [-0.15, -0.1) is 5.10 Å². The lowest BCUT2D eigenvalue weighted by Gasteiger charge is -2.25. The Hall–Kier alpha value is -1.92. The van der Waals surface area contributed by atoms with Crippen molar-refractivity contribution in [3.8, 4) is 11.5 Å². The lowest BCUT2D eigenvalue weighted by atomic mass is 10.1. The maximum atomic E-state index is 12.0. The van der Waals surface area contributed by atoms with Crippen molar-refractivity contribution in [2.75, 3.05) is 25.0 Å². The largest absolute Gasteiger partial charge is 0.403 e. The van der Waals surface area contributed by atoms with E-state index in [0.717, 1.165) is 19.6 Å². The fourth-order valence-electron chi connectivity index (χ4n) is 2.64. The van der Waals surface area contributed by atoms with Crippen LogP contribution >= 0.6 is 11.6 Å². The van der Waals surface area contributed by atoms with E-state index in [9.17, 15) is 4.79 Å². The van der Waals surface area contributed by atoms with Gasteiger partial charge in [-0.05, 0) is 38.1 Å². The second kappa shape index (κ2) is 7.57. The molecule has 0 radical (unpaired) electrons. The molecule has 0 atom stereocenters. The SMILES string of the molecule is O=C(CCN1CCCCC1)Nc1nnc(-c2ccccc2Cl)o1. The van der Waals surface area contributed by atoms with E-state index in [1.54, 1.807) is 12.1 Å². The molecule has 1 N–H and O–H groups in total. The third-order valence-corrected chi connectivity index (χ3v) is 4.21. The van der Waals surface area contributed by atoms with E-state index >= 15 is 0 Å². The van der Waals surface area contributed by atoms with Crippen molar-refractivity contribution in [1.29, 1.82) is 0 Å². The first-order valence-corrected chi connectivity index (χ1v) is 8.21. The maximum Gasteiger partial charge on any atom is 0.322 e. The van der Waals surface area contributed by atoms with Gasteiger partial charge in [-0.3, -0.25) is 10.1 Å². The highest BCUT2D eigenvalue weighted by Gasteiger charge is 2.15. The van der Waals surface area contributed by atoms with Crippen LogP contribution < -0.4 is 5.32 Å². The number of carbonyl (C=O) groups is 1. The van der Waals surface area contributed by atoms with Gasteiger partial charge in [0.15, 0.2) is 0 Å². The number of amides is 1. The molecule has 7 heteroatoms. The zero-order chi connectivity index (χ0) is 16.1. The minimum Gasteiger partial charge on any atom is -0.403 e. The van der Waals surface area contributed by atoms with E-state index in [1.807, 2.05) is 12.1 Å². The third kappa shape index (κ3) is 4.30. The topological polar surface area (TPSA) is 71.3 Å². The van der Waals surface area contributed by atoms with Gasteiger partial charge in [0.05, 0.1) is 10.6 Å². The first kappa shape index (κ1) is 16.0. The average molecular weight is 335 g/mol. The Morgan fingerprint density at radius 3 is 2.78 bits per heavy atom. The molecule has 1 aromatic heterocycles. The number of nitrogens with one attached hydrogen (secondary N) is 1.